The lowest BCUT2D eigenvalue weighted by Gasteiger charge is -2.11. The molecule has 1 aromatic heterocycles. The third-order valence-electron chi connectivity index (χ3n) is 2.30. The van der Waals surface area contributed by atoms with E-state index in [0.717, 1.165) is 6.29 Å². The molecule has 0 radical (unpaired) electrons. The lowest BCUT2D eigenvalue weighted by Crippen LogP contribution is -2.01. The summed E-state index contributed by atoms with van der Waals surface area (Å²) in [6.45, 7) is 1.85. The van der Waals surface area contributed by atoms with Crippen LogP contribution >= 0.6 is 15.9 Å². The predicted molar refractivity (Wildman–Crippen MR) is 69.4 cm³/mol. The number of halogens is 1. The number of aldehydes is 1. The Morgan fingerprint density at radius 2 is 2.26 bits per heavy atom. The lowest BCUT2D eigenvalue weighted by atomic mass is 10.2. The van der Waals surface area contributed by atoms with Crippen molar-refractivity contribution in [3.63, 3.8) is 0 Å². The highest BCUT2D eigenvalue weighted by Crippen LogP contribution is 2.36. The molecule has 1 heterocycles. The molecule has 6 nitrogen and oxygen atoms in total. The van der Waals surface area contributed by atoms with Gasteiger partial charge in [0.15, 0.2) is 18.1 Å². The molecular weight excluding hydrogens is 316 g/mol. The Kier molecular flexibility index (Phi) is 4.16. The van der Waals surface area contributed by atoms with Crippen LogP contribution in [-0.2, 0) is 6.61 Å². The average Bonchev–Trinajstić information content (AvgIpc) is 2.82. The van der Waals surface area contributed by atoms with E-state index in [9.17, 15) is 4.79 Å². The largest absolute Gasteiger partial charge is 0.493 e. The van der Waals surface area contributed by atoms with Crippen LogP contribution in [0, 0.1) is 6.92 Å². The molecule has 0 aliphatic rings. The molecule has 7 heteroatoms. The molecule has 2 aromatic rings. The monoisotopic (exact) mass is 326 g/mol. The Morgan fingerprint density at radius 3 is 2.84 bits per heavy atom. The predicted octanol–water partition coefficient (Wildman–Crippen LogP) is 2.54. The minimum absolute atomic E-state index is 0.146. The van der Waals surface area contributed by atoms with E-state index in [1.807, 2.05) is 0 Å². The van der Waals surface area contributed by atoms with E-state index in [2.05, 4.69) is 26.1 Å². The zero-order chi connectivity index (χ0) is 13.8. The molecule has 0 saturated heterocycles. The zero-order valence-corrected chi connectivity index (χ0v) is 11.9. The second kappa shape index (κ2) is 5.83. The standard InChI is InChI=1S/C12H11BrN2O4/c1-7-14-11(15-19-7)6-18-12-9(13)3-8(5-16)4-10(12)17-2/h3-5H,6H2,1-2H3. The van der Waals surface area contributed by atoms with Crippen LogP contribution in [0.1, 0.15) is 22.1 Å². The number of ether oxygens (including phenoxy) is 2. The Bertz CT molecular complexity index is 597. The topological polar surface area (TPSA) is 74.5 Å². The van der Waals surface area contributed by atoms with Crippen molar-refractivity contribution in [3.05, 3.63) is 33.9 Å². The van der Waals surface area contributed by atoms with Crippen molar-refractivity contribution >= 4 is 22.2 Å². The molecule has 19 heavy (non-hydrogen) atoms. The van der Waals surface area contributed by atoms with Crippen LogP contribution in [-0.4, -0.2) is 23.5 Å². The van der Waals surface area contributed by atoms with Gasteiger partial charge in [-0.05, 0) is 28.1 Å². The van der Waals surface area contributed by atoms with Gasteiger partial charge < -0.3 is 14.0 Å². The van der Waals surface area contributed by atoms with Gasteiger partial charge in [0, 0.05) is 12.5 Å². The second-order valence-corrected chi connectivity index (χ2v) is 4.52. The van der Waals surface area contributed by atoms with Crippen molar-refractivity contribution in [2.45, 2.75) is 13.5 Å². The van der Waals surface area contributed by atoms with Gasteiger partial charge >= 0.3 is 0 Å². The van der Waals surface area contributed by atoms with Crippen LogP contribution in [0.4, 0.5) is 0 Å². The summed E-state index contributed by atoms with van der Waals surface area (Å²) < 4.78 is 16.2. The van der Waals surface area contributed by atoms with Crippen LogP contribution in [0.2, 0.25) is 0 Å². The van der Waals surface area contributed by atoms with E-state index in [0.29, 0.717) is 33.3 Å². The van der Waals surface area contributed by atoms with Crippen LogP contribution < -0.4 is 9.47 Å². The molecule has 100 valence electrons. The number of aromatic nitrogens is 2. The third-order valence-corrected chi connectivity index (χ3v) is 2.89. The summed E-state index contributed by atoms with van der Waals surface area (Å²) in [5.41, 5.74) is 0.492. The highest BCUT2D eigenvalue weighted by Gasteiger charge is 2.13. The van der Waals surface area contributed by atoms with E-state index in [1.54, 1.807) is 19.1 Å². The lowest BCUT2D eigenvalue weighted by molar-refractivity contribution is 0.112. The van der Waals surface area contributed by atoms with Gasteiger partial charge in [-0.1, -0.05) is 5.16 Å². The fourth-order valence-corrected chi connectivity index (χ4v) is 2.06. The number of carbonyl (C=O) groups excluding carboxylic acids is 1. The van der Waals surface area contributed by atoms with Gasteiger partial charge in [0.25, 0.3) is 0 Å². The molecule has 0 fully saturated rings. The first-order chi connectivity index (χ1) is 9.13. The summed E-state index contributed by atoms with van der Waals surface area (Å²) >= 11 is 3.33. The Hall–Kier alpha value is -1.89. The molecule has 0 unspecified atom stereocenters. The number of nitrogens with zero attached hydrogens (tertiary/aromatic N) is 2. The van der Waals surface area contributed by atoms with Gasteiger partial charge in [-0.15, -0.1) is 0 Å². The van der Waals surface area contributed by atoms with E-state index >= 15 is 0 Å². The molecule has 0 amide bonds. The van der Waals surface area contributed by atoms with Crippen molar-refractivity contribution in [2.24, 2.45) is 0 Å². The molecule has 0 aliphatic carbocycles. The van der Waals surface area contributed by atoms with Crippen molar-refractivity contribution in [3.8, 4) is 11.5 Å². The first-order valence-corrected chi connectivity index (χ1v) is 6.18. The number of methoxy groups -OCH3 is 1. The van der Waals surface area contributed by atoms with Gasteiger partial charge in [-0.2, -0.15) is 4.98 Å². The molecule has 2 rings (SSSR count). The van der Waals surface area contributed by atoms with Gasteiger partial charge in [0.1, 0.15) is 6.29 Å². The number of hydrogen-bond donors (Lipinski definition) is 0. The summed E-state index contributed by atoms with van der Waals surface area (Å²) in [7, 11) is 1.50. The van der Waals surface area contributed by atoms with Crippen molar-refractivity contribution in [1.82, 2.24) is 10.1 Å². The third kappa shape index (κ3) is 3.11. The van der Waals surface area contributed by atoms with Gasteiger partial charge in [0.05, 0.1) is 11.6 Å². The van der Waals surface area contributed by atoms with E-state index in [4.69, 9.17) is 14.0 Å². The van der Waals surface area contributed by atoms with Gasteiger partial charge in [-0.3, -0.25) is 4.79 Å². The first kappa shape index (κ1) is 13.5. The van der Waals surface area contributed by atoms with Gasteiger partial charge in [0.2, 0.25) is 11.7 Å². The van der Waals surface area contributed by atoms with Crippen molar-refractivity contribution in [1.29, 1.82) is 0 Å². The molecule has 0 aliphatic heterocycles. The Morgan fingerprint density at radius 1 is 1.47 bits per heavy atom. The quantitative estimate of drug-likeness (QED) is 0.786. The minimum Gasteiger partial charge on any atom is -0.493 e. The maximum atomic E-state index is 10.8. The molecule has 0 spiro atoms. The summed E-state index contributed by atoms with van der Waals surface area (Å²) in [5.74, 6) is 1.85. The number of aryl methyl sites for hydroxylation is 1. The smallest absolute Gasteiger partial charge is 0.223 e. The van der Waals surface area contributed by atoms with Crippen molar-refractivity contribution in [2.75, 3.05) is 7.11 Å². The fraction of sp³-hybridized carbons (Fsp3) is 0.250. The van der Waals surface area contributed by atoms with Crippen molar-refractivity contribution < 1.29 is 18.8 Å². The zero-order valence-electron chi connectivity index (χ0n) is 10.3. The number of hydrogen-bond acceptors (Lipinski definition) is 6. The Labute approximate surface area is 117 Å². The highest BCUT2D eigenvalue weighted by atomic mass is 79.9. The second-order valence-electron chi connectivity index (χ2n) is 3.67. The summed E-state index contributed by atoms with van der Waals surface area (Å²) in [6.07, 6.45) is 0.736. The van der Waals surface area contributed by atoms with E-state index in [1.165, 1.54) is 7.11 Å². The highest BCUT2D eigenvalue weighted by molar-refractivity contribution is 9.10. The average molecular weight is 327 g/mol. The Balaban J connectivity index is 2.21. The molecule has 0 N–H and O–H groups in total. The molecule has 0 atom stereocenters. The maximum Gasteiger partial charge on any atom is 0.223 e. The van der Waals surface area contributed by atoms with Crippen LogP contribution in [0.5, 0.6) is 11.5 Å². The normalized spacial score (nSPS) is 10.3. The summed E-state index contributed by atoms with van der Waals surface area (Å²) in [6, 6.07) is 3.24. The number of rotatable bonds is 5. The fourth-order valence-electron chi connectivity index (χ4n) is 1.48. The SMILES string of the molecule is COc1cc(C=O)cc(Br)c1OCc1noc(C)n1. The maximum absolute atomic E-state index is 10.8. The van der Waals surface area contributed by atoms with E-state index in [-0.39, 0.29) is 6.61 Å². The number of benzene rings is 1. The van der Waals surface area contributed by atoms with Crippen LogP contribution in [0.15, 0.2) is 21.1 Å². The molecule has 1 aromatic carbocycles. The molecular formula is C12H11BrN2O4. The van der Waals surface area contributed by atoms with Crippen LogP contribution in [0.25, 0.3) is 0 Å². The first-order valence-electron chi connectivity index (χ1n) is 5.38. The van der Waals surface area contributed by atoms with Gasteiger partial charge in [-0.25, -0.2) is 0 Å². The summed E-state index contributed by atoms with van der Waals surface area (Å²) in [5, 5.41) is 3.73. The molecule has 0 saturated carbocycles. The number of carbonyl (C=O) groups is 1. The molecule has 0 bridgehead atoms. The van der Waals surface area contributed by atoms with Crippen LogP contribution in [0.3, 0.4) is 0 Å². The minimum atomic E-state index is 0.146. The summed E-state index contributed by atoms with van der Waals surface area (Å²) in [4.78, 5) is 14.8. The van der Waals surface area contributed by atoms with E-state index < -0.39 is 0 Å².